The predicted octanol–water partition coefficient (Wildman–Crippen LogP) is 5.06. The number of rotatable bonds is 4. The molecular formula is C23H18N2O4. The number of aromatic carboxylic acids is 1. The van der Waals surface area contributed by atoms with Crippen LogP contribution in [0.2, 0.25) is 0 Å². The van der Waals surface area contributed by atoms with Gasteiger partial charge in [-0.05, 0) is 67.9 Å². The van der Waals surface area contributed by atoms with Crippen molar-refractivity contribution < 1.29 is 19.1 Å². The third-order valence-corrected chi connectivity index (χ3v) is 4.66. The number of furan rings is 1. The highest BCUT2D eigenvalue weighted by atomic mass is 16.4. The van der Waals surface area contributed by atoms with Gasteiger partial charge in [0.1, 0.15) is 5.69 Å². The van der Waals surface area contributed by atoms with Gasteiger partial charge in [-0.15, -0.1) is 0 Å². The van der Waals surface area contributed by atoms with Gasteiger partial charge >= 0.3 is 5.97 Å². The average molecular weight is 386 g/mol. The number of hydrogen-bond acceptors (Lipinski definition) is 4. The predicted molar refractivity (Wildman–Crippen MR) is 110 cm³/mol. The number of fused-ring (bicyclic) bond motifs is 1. The third kappa shape index (κ3) is 3.60. The number of hydrogen-bond donors (Lipinski definition) is 2. The van der Waals surface area contributed by atoms with Crippen LogP contribution in [0.3, 0.4) is 0 Å². The van der Waals surface area contributed by atoms with Crippen LogP contribution in [0.25, 0.3) is 22.4 Å². The van der Waals surface area contributed by atoms with Gasteiger partial charge in [-0.2, -0.15) is 0 Å². The molecule has 0 fully saturated rings. The van der Waals surface area contributed by atoms with E-state index in [1.54, 1.807) is 36.6 Å². The number of pyridine rings is 1. The van der Waals surface area contributed by atoms with Crippen LogP contribution in [0.5, 0.6) is 0 Å². The quantitative estimate of drug-likeness (QED) is 0.511. The number of carbonyl (C=O) groups is 2. The monoisotopic (exact) mass is 386 g/mol. The van der Waals surface area contributed by atoms with Crippen molar-refractivity contribution in [3.8, 4) is 11.5 Å². The Bertz CT molecular complexity index is 1230. The fourth-order valence-corrected chi connectivity index (χ4v) is 3.31. The lowest BCUT2D eigenvalue weighted by atomic mass is 10.0. The van der Waals surface area contributed by atoms with Gasteiger partial charge in [0.15, 0.2) is 5.76 Å². The number of aryl methyl sites for hydroxylation is 2. The lowest BCUT2D eigenvalue weighted by Gasteiger charge is -2.12. The standard InChI is InChI=1S/C23H18N2O4/c1-13-10-14(2)21-17(11-13)18(12-19(25-21)20-4-3-9-29-20)22(26)24-16-7-5-15(6-8-16)23(27)28/h3-12H,1-2H3,(H,24,26)(H,27,28). The highest BCUT2D eigenvalue weighted by Gasteiger charge is 2.17. The molecule has 4 rings (SSSR count). The first-order valence-corrected chi connectivity index (χ1v) is 9.03. The first-order chi connectivity index (χ1) is 13.9. The van der Waals surface area contributed by atoms with Gasteiger partial charge < -0.3 is 14.8 Å². The molecule has 2 aromatic heterocycles. The number of aromatic nitrogens is 1. The summed E-state index contributed by atoms with van der Waals surface area (Å²) in [6, 6.07) is 15.3. The number of anilines is 1. The summed E-state index contributed by atoms with van der Waals surface area (Å²) in [5.41, 5.74) is 4.43. The number of carbonyl (C=O) groups excluding carboxylic acids is 1. The topological polar surface area (TPSA) is 92.4 Å². The smallest absolute Gasteiger partial charge is 0.335 e. The molecule has 0 saturated carbocycles. The van der Waals surface area contributed by atoms with Crippen LogP contribution >= 0.6 is 0 Å². The summed E-state index contributed by atoms with van der Waals surface area (Å²) in [6.45, 7) is 3.93. The summed E-state index contributed by atoms with van der Waals surface area (Å²) in [6.07, 6.45) is 1.56. The maximum absolute atomic E-state index is 13.1. The van der Waals surface area contributed by atoms with Gasteiger partial charge in [0.05, 0.1) is 22.9 Å². The molecule has 0 saturated heterocycles. The van der Waals surface area contributed by atoms with Crippen molar-refractivity contribution in [1.29, 1.82) is 0 Å². The highest BCUT2D eigenvalue weighted by molar-refractivity contribution is 6.13. The van der Waals surface area contributed by atoms with Crippen LogP contribution in [0.1, 0.15) is 31.8 Å². The van der Waals surface area contributed by atoms with E-state index in [4.69, 9.17) is 14.5 Å². The van der Waals surface area contributed by atoms with Crippen molar-refractivity contribution in [3.05, 3.63) is 83.1 Å². The molecule has 2 N–H and O–H groups in total. The second-order valence-electron chi connectivity index (χ2n) is 6.85. The lowest BCUT2D eigenvalue weighted by Crippen LogP contribution is -2.13. The van der Waals surface area contributed by atoms with Crippen LogP contribution in [0.15, 0.2) is 65.3 Å². The minimum atomic E-state index is -1.02. The average Bonchev–Trinajstić information content (AvgIpc) is 3.22. The highest BCUT2D eigenvalue weighted by Crippen LogP contribution is 2.28. The summed E-state index contributed by atoms with van der Waals surface area (Å²) in [5, 5.41) is 12.6. The van der Waals surface area contributed by atoms with Crippen LogP contribution in [-0.2, 0) is 0 Å². The van der Waals surface area contributed by atoms with Gasteiger partial charge in [-0.3, -0.25) is 4.79 Å². The number of amides is 1. The van der Waals surface area contributed by atoms with E-state index in [9.17, 15) is 9.59 Å². The Balaban J connectivity index is 1.80. The zero-order valence-corrected chi connectivity index (χ0v) is 15.9. The zero-order valence-electron chi connectivity index (χ0n) is 15.9. The van der Waals surface area contributed by atoms with E-state index in [1.807, 2.05) is 26.0 Å². The molecule has 0 spiro atoms. The SMILES string of the molecule is Cc1cc(C)c2nc(-c3ccco3)cc(C(=O)Nc3ccc(C(=O)O)cc3)c2c1. The maximum atomic E-state index is 13.1. The summed E-state index contributed by atoms with van der Waals surface area (Å²) in [4.78, 5) is 28.8. The fraction of sp³-hybridized carbons (Fsp3) is 0.0870. The summed E-state index contributed by atoms with van der Waals surface area (Å²) < 4.78 is 5.47. The van der Waals surface area contributed by atoms with Crippen LogP contribution in [-0.4, -0.2) is 22.0 Å². The van der Waals surface area contributed by atoms with Crippen molar-refractivity contribution >= 4 is 28.5 Å². The van der Waals surface area contributed by atoms with E-state index in [0.29, 0.717) is 22.7 Å². The number of carboxylic acid groups (broad SMARTS) is 1. The minimum Gasteiger partial charge on any atom is -0.478 e. The third-order valence-electron chi connectivity index (χ3n) is 4.66. The minimum absolute atomic E-state index is 0.156. The molecule has 6 heteroatoms. The summed E-state index contributed by atoms with van der Waals surface area (Å²) in [7, 11) is 0. The lowest BCUT2D eigenvalue weighted by molar-refractivity contribution is 0.0696. The molecule has 0 aliphatic carbocycles. The molecule has 0 atom stereocenters. The van der Waals surface area contributed by atoms with Crippen LogP contribution in [0.4, 0.5) is 5.69 Å². The molecule has 29 heavy (non-hydrogen) atoms. The Hall–Kier alpha value is -3.93. The summed E-state index contributed by atoms with van der Waals surface area (Å²) in [5.74, 6) is -0.748. The fourth-order valence-electron chi connectivity index (χ4n) is 3.31. The Labute approximate surface area is 166 Å². The van der Waals surface area contributed by atoms with Gasteiger partial charge in [0.25, 0.3) is 5.91 Å². The van der Waals surface area contributed by atoms with Crippen LogP contribution in [0, 0.1) is 13.8 Å². The van der Waals surface area contributed by atoms with Crippen molar-refractivity contribution in [2.75, 3.05) is 5.32 Å². The van der Waals surface area contributed by atoms with E-state index in [-0.39, 0.29) is 11.5 Å². The molecule has 2 aromatic carbocycles. The van der Waals surface area contributed by atoms with Gasteiger partial charge in [0, 0.05) is 11.1 Å². The van der Waals surface area contributed by atoms with E-state index >= 15 is 0 Å². The van der Waals surface area contributed by atoms with Crippen LogP contribution < -0.4 is 5.32 Å². The second kappa shape index (κ2) is 7.24. The second-order valence-corrected chi connectivity index (χ2v) is 6.85. The van der Waals surface area contributed by atoms with E-state index in [1.165, 1.54) is 12.1 Å². The Kier molecular flexibility index (Phi) is 4.60. The van der Waals surface area contributed by atoms with Crippen molar-refractivity contribution in [2.45, 2.75) is 13.8 Å². The molecular weight excluding hydrogens is 368 g/mol. The van der Waals surface area contributed by atoms with Gasteiger partial charge in [0.2, 0.25) is 0 Å². The first kappa shape index (κ1) is 18.4. The molecule has 4 aromatic rings. The number of nitrogens with zero attached hydrogens (tertiary/aromatic N) is 1. The molecule has 144 valence electrons. The van der Waals surface area contributed by atoms with Crippen molar-refractivity contribution in [1.82, 2.24) is 4.98 Å². The Morgan fingerprint density at radius 3 is 2.45 bits per heavy atom. The number of nitrogens with one attached hydrogen (secondary N) is 1. The number of carboxylic acids is 1. The van der Waals surface area contributed by atoms with E-state index in [0.717, 1.165) is 22.0 Å². The summed E-state index contributed by atoms with van der Waals surface area (Å²) >= 11 is 0. The Morgan fingerprint density at radius 2 is 1.79 bits per heavy atom. The first-order valence-electron chi connectivity index (χ1n) is 9.03. The molecule has 1 amide bonds. The molecule has 0 aliphatic rings. The van der Waals surface area contributed by atoms with E-state index in [2.05, 4.69) is 5.32 Å². The van der Waals surface area contributed by atoms with Gasteiger partial charge in [-0.1, -0.05) is 11.6 Å². The normalized spacial score (nSPS) is 10.8. The number of benzene rings is 2. The van der Waals surface area contributed by atoms with E-state index < -0.39 is 5.97 Å². The molecule has 6 nitrogen and oxygen atoms in total. The van der Waals surface area contributed by atoms with Crippen molar-refractivity contribution in [3.63, 3.8) is 0 Å². The van der Waals surface area contributed by atoms with Gasteiger partial charge in [-0.25, -0.2) is 9.78 Å². The Morgan fingerprint density at radius 1 is 1.03 bits per heavy atom. The molecule has 0 radical (unpaired) electrons. The molecule has 0 bridgehead atoms. The zero-order chi connectivity index (χ0) is 20.5. The molecule has 2 heterocycles. The largest absolute Gasteiger partial charge is 0.478 e. The van der Waals surface area contributed by atoms with Crippen molar-refractivity contribution in [2.24, 2.45) is 0 Å². The molecule has 0 aliphatic heterocycles. The molecule has 0 unspecified atom stereocenters. The maximum Gasteiger partial charge on any atom is 0.335 e.